The number of benzene rings is 1. The Bertz CT molecular complexity index is 842. The average Bonchev–Trinajstić information content (AvgIpc) is 2.82. The molecule has 7 heteroatoms. The second-order valence-corrected chi connectivity index (χ2v) is 6.38. The fourth-order valence-corrected chi connectivity index (χ4v) is 3.40. The molecule has 2 aromatic rings. The number of rotatable bonds is 5. The van der Waals surface area contributed by atoms with Gasteiger partial charge in [-0.05, 0) is 31.4 Å². The summed E-state index contributed by atoms with van der Waals surface area (Å²) in [5, 5.41) is 0.401. The van der Waals surface area contributed by atoms with Gasteiger partial charge in [0.2, 0.25) is 0 Å². The SMILES string of the molecule is C=CCCOc1cc(-c2c(Cl)n3n(c2=O)CCCC3)c(F)cc1Cl. The first kappa shape index (κ1) is 17.1. The maximum absolute atomic E-state index is 14.5. The van der Waals surface area contributed by atoms with E-state index in [0.717, 1.165) is 18.9 Å². The molecule has 4 nitrogen and oxygen atoms in total. The summed E-state index contributed by atoms with van der Waals surface area (Å²) in [7, 11) is 0. The van der Waals surface area contributed by atoms with E-state index in [9.17, 15) is 9.18 Å². The zero-order valence-electron chi connectivity index (χ0n) is 13.0. The zero-order chi connectivity index (χ0) is 17.3. The molecule has 0 spiro atoms. The standard InChI is InChI=1S/C17H17Cl2FN2O2/c1-2-3-8-24-14-9-11(13(20)10-12(14)18)15-16(19)21-6-4-5-7-22(21)17(15)23/h2,9-10H,1,3-8H2. The molecule has 1 aromatic heterocycles. The summed E-state index contributed by atoms with van der Waals surface area (Å²) < 4.78 is 23.3. The minimum Gasteiger partial charge on any atom is -0.492 e. The van der Waals surface area contributed by atoms with Crippen molar-refractivity contribution < 1.29 is 9.13 Å². The van der Waals surface area contributed by atoms with E-state index in [2.05, 4.69) is 6.58 Å². The Hall–Kier alpha value is -1.72. The van der Waals surface area contributed by atoms with Crippen LogP contribution in [0.25, 0.3) is 11.1 Å². The summed E-state index contributed by atoms with van der Waals surface area (Å²) in [4.78, 5) is 12.6. The molecule has 1 aromatic carbocycles. The Balaban J connectivity index is 2.09. The predicted molar refractivity (Wildman–Crippen MR) is 93.6 cm³/mol. The van der Waals surface area contributed by atoms with Crippen LogP contribution in [0, 0.1) is 5.82 Å². The van der Waals surface area contributed by atoms with Crippen molar-refractivity contribution in [2.75, 3.05) is 6.61 Å². The molecule has 128 valence electrons. The number of nitrogens with zero attached hydrogens (tertiary/aromatic N) is 2. The fraction of sp³-hybridized carbons (Fsp3) is 0.353. The molecule has 24 heavy (non-hydrogen) atoms. The summed E-state index contributed by atoms with van der Waals surface area (Å²) in [5.74, 6) is -0.279. The smallest absolute Gasteiger partial charge is 0.276 e. The van der Waals surface area contributed by atoms with Crippen molar-refractivity contribution in [2.24, 2.45) is 0 Å². The third-order valence-corrected chi connectivity index (χ3v) is 4.71. The van der Waals surface area contributed by atoms with E-state index in [0.29, 0.717) is 31.9 Å². The maximum atomic E-state index is 14.5. The molecule has 2 heterocycles. The van der Waals surface area contributed by atoms with Gasteiger partial charge in [0.25, 0.3) is 5.56 Å². The number of aromatic nitrogens is 2. The van der Waals surface area contributed by atoms with Crippen LogP contribution in [-0.4, -0.2) is 16.0 Å². The van der Waals surface area contributed by atoms with Crippen molar-refractivity contribution in [3.8, 4) is 16.9 Å². The highest BCUT2D eigenvalue weighted by molar-refractivity contribution is 6.33. The minimum absolute atomic E-state index is 0.109. The van der Waals surface area contributed by atoms with Gasteiger partial charge in [0.1, 0.15) is 16.7 Å². The summed E-state index contributed by atoms with van der Waals surface area (Å²) in [5.41, 5.74) is -0.0309. The highest BCUT2D eigenvalue weighted by Gasteiger charge is 2.25. The van der Waals surface area contributed by atoms with Gasteiger partial charge in [-0.1, -0.05) is 29.3 Å². The Morgan fingerprint density at radius 3 is 2.62 bits per heavy atom. The van der Waals surface area contributed by atoms with Crippen LogP contribution >= 0.6 is 23.2 Å². The first-order valence-electron chi connectivity index (χ1n) is 7.76. The van der Waals surface area contributed by atoms with Gasteiger partial charge in [-0.15, -0.1) is 6.58 Å². The van der Waals surface area contributed by atoms with Crippen molar-refractivity contribution in [1.29, 1.82) is 0 Å². The van der Waals surface area contributed by atoms with E-state index >= 15 is 0 Å². The highest BCUT2D eigenvalue weighted by atomic mass is 35.5. The van der Waals surface area contributed by atoms with Gasteiger partial charge >= 0.3 is 0 Å². The first-order valence-corrected chi connectivity index (χ1v) is 8.52. The number of ether oxygens (including phenoxy) is 1. The summed E-state index contributed by atoms with van der Waals surface area (Å²) in [6.07, 6.45) is 4.18. The van der Waals surface area contributed by atoms with Gasteiger partial charge in [0.05, 0.1) is 17.2 Å². The Labute approximate surface area is 149 Å². The molecule has 0 amide bonds. The van der Waals surface area contributed by atoms with Gasteiger partial charge in [0.15, 0.2) is 0 Å². The molecular formula is C17H17Cl2FN2O2. The molecule has 0 aliphatic carbocycles. The molecule has 0 fully saturated rings. The van der Waals surface area contributed by atoms with E-state index in [1.165, 1.54) is 6.07 Å². The second-order valence-electron chi connectivity index (χ2n) is 5.61. The minimum atomic E-state index is -0.599. The lowest BCUT2D eigenvalue weighted by molar-refractivity contribution is 0.325. The number of fused-ring (bicyclic) bond motifs is 1. The van der Waals surface area contributed by atoms with E-state index < -0.39 is 5.82 Å². The second kappa shape index (κ2) is 7.03. The molecule has 0 radical (unpaired) electrons. The number of hydrogen-bond donors (Lipinski definition) is 0. The molecule has 1 aliphatic rings. The Morgan fingerprint density at radius 2 is 1.96 bits per heavy atom. The van der Waals surface area contributed by atoms with Crippen LogP contribution in [0.15, 0.2) is 29.6 Å². The van der Waals surface area contributed by atoms with Crippen LogP contribution in [0.2, 0.25) is 10.2 Å². The first-order chi connectivity index (χ1) is 11.5. The third-order valence-electron chi connectivity index (χ3n) is 4.03. The van der Waals surface area contributed by atoms with Crippen LogP contribution in [0.3, 0.4) is 0 Å². The van der Waals surface area contributed by atoms with Gasteiger partial charge in [-0.25, -0.2) is 9.07 Å². The Kier molecular flexibility index (Phi) is 5.01. The molecule has 0 saturated heterocycles. The molecule has 0 saturated carbocycles. The largest absolute Gasteiger partial charge is 0.492 e. The van der Waals surface area contributed by atoms with Gasteiger partial charge in [-0.2, -0.15) is 0 Å². The highest BCUT2D eigenvalue weighted by Crippen LogP contribution is 2.35. The van der Waals surface area contributed by atoms with Crippen LogP contribution < -0.4 is 10.3 Å². The van der Waals surface area contributed by atoms with E-state index in [1.54, 1.807) is 15.4 Å². The van der Waals surface area contributed by atoms with Crippen molar-refractivity contribution >= 4 is 23.2 Å². The average molecular weight is 371 g/mol. The quantitative estimate of drug-likeness (QED) is 0.573. The lowest BCUT2D eigenvalue weighted by Crippen LogP contribution is -2.27. The van der Waals surface area contributed by atoms with Crippen molar-refractivity contribution in [3.05, 3.63) is 51.1 Å². The molecule has 3 rings (SSSR count). The van der Waals surface area contributed by atoms with Crippen LogP contribution in [0.5, 0.6) is 5.75 Å². The molecule has 0 atom stereocenters. The topological polar surface area (TPSA) is 36.2 Å². The van der Waals surface area contributed by atoms with Crippen molar-refractivity contribution in [2.45, 2.75) is 32.4 Å². The monoisotopic (exact) mass is 370 g/mol. The van der Waals surface area contributed by atoms with Crippen LogP contribution in [0.1, 0.15) is 19.3 Å². The van der Waals surface area contributed by atoms with Gasteiger partial charge < -0.3 is 4.74 Å². The predicted octanol–water partition coefficient (Wildman–Crippen LogP) is 4.51. The molecular weight excluding hydrogens is 354 g/mol. The van der Waals surface area contributed by atoms with Crippen molar-refractivity contribution in [1.82, 2.24) is 9.36 Å². The van der Waals surface area contributed by atoms with E-state index in [4.69, 9.17) is 27.9 Å². The summed E-state index contributed by atoms with van der Waals surface area (Å²) in [6, 6.07) is 2.59. The maximum Gasteiger partial charge on any atom is 0.276 e. The lowest BCUT2D eigenvalue weighted by Gasteiger charge is -2.17. The fourth-order valence-electron chi connectivity index (χ4n) is 2.84. The number of hydrogen-bond acceptors (Lipinski definition) is 2. The van der Waals surface area contributed by atoms with E-state index in [1.807, 2.05) is 0 Å². The summed E-state index contributed by atoms with van der Waals surface area (Å²) >= 11 is 12.4. The molecule has 1 aliphatic heterocycles. The van der Waals surface area contributed by atoms with Crippen LogP contribution in [0.4, 0.5) is 4.39 Å². The molecule has 0 unspecified atom stereocenters. The Morgan fingerprint density at radius 1 is 1.25 bits per heavy atom. The van der Waals surface area contributed by atoms with Gasteiger partial charge in [0, 0.05) is 18.7 Å². The normalized spacial score (nSPS) is 13.6. The van der Waals surface area contributed by atoms with E-state index in [-0.39, 0.29) is 26.9 Å². The van der Waals surface area contributed by atoms with Gasteiger partial charge in [-0.3, -0.25) is 9.48 Å². The third kappa shape index (κ3) is 2.98. The van der Waals surface area contributed by atoms with Crippen molar-refractivity contribution in [3.63, 3.8) is 0 Å². The lowest BCUT2D eigenvalue weighted by atomic mass is 10.1. The molecule has 0 N–H and O–H groups in total. The zero-order valence-corrected chi connectivity index (χ0v) is 14.5. The number of halogens is 3. The van der Waals surface area contributed by atoms with Crippen LogP contribution in [-0.2, 0) is 13.1 Å². The molecule has 0 bridgehead atoms. The summed E-state index contributed by atoms with van der Waals surface area (Å²) in [6.45, 7) is 5.21.